The van der Waals surface area contributed by atoms with Crippen LogP contribution in [-0.2, 0) is 33.4 Å². The molecule has 3 aliphatic carbocycles. The van der Waals surface area contributed by atoms with Gasteiger partial charge in [-0.05, 0) is 50.0 Å². The fourth-order valence-corrected chi connectivity index (χ4v) is 9.48. The second-order valence-corrected chi connectivity index (χ2v) is 13.1. The second kappa shape index (κ2) is 6.66. The van der Waals surface area contributed by atoms with E-state index < -0.39 is 87.0 Å². The standard InChI is InChI=1S/C28H32O10/c1-12-21(32)36-17-11-23(12,2)19-20(31)27(35)18-14(24(3)13(10-15(18)29)6-5-7-16(24)30)8-9-26(34)22(33)37-25(17,4)28(19,26)38-27/h5-6,10,12,14-15,17-19,29,34-35H,7-9,11H2,1-4H3/t12-,14-,15-,17-,18+,19+,23-,24+,25+,26-,27+,28+/m1/s1. The predicted octanol–water partition coefficient (Wildman–Crippen LogP) is 0.510. The normalized spacial score (nSPS) is 58.1. The van der Waals surface area contributed by atoms with Gasteiger partial charge in [0.25, 0.3) is 0 Å². The Bertz CT molecular complexity index is 1300. The molecular formula is C28H32O10. The van der Waals surface area contributed by atoms with Crippen molar-refractivity contribution >= 4 is 23.5 Å². The highest BCUT2D eigenvalue weighted by molar-refractivity contribution is 5.99. The van der Waals surface area contributed by atoms with Crippen molar-refractivity contribution in [2.45, 2.75) is 88.2 Å². The molecule has 204 valence electrons. The number of esters is 2. The van der Waals surface area contributed by atoms with Gasteiger partial charge in [-0.25, -0.2) is 4.79 Å². The first kappa shape index (κ1) is 24.6. The Morgan fingerprint density at radius 1 is 1.08 bits per heavy atom. The van der Waals surface area contributed by atoms with Crippen LogP contribution in [0.3, 0.4) is 0 Å². The van der Waals surface area contributed by atoms with Gasteiger partial charge in [-0.15, -0.1) is 0 Å². The average molecular weight is 529 g/mol. The van der Waals surface area contributed by atoms with Gasteiger partial charge in [0.2, 0.25) is 5.79 Å². The molecule has 0 aromatic rings. The first-order chi connectivity index (χ1) is 17.6. The summed E-state index contributed by atoms with van der Waals surface area (Å²) >= 11 is 0. The number of hydrogen-bond donors (Lipinski definition) is 3. The summed E-state index contributed by atoms with van der Waals surface area (Å²) in [6, 6.07) is 0. The number of aliphatic hydroxyl groups excluding tert-OH is 1. The number of ether oxygens (including phenoxy) is 3. The van der Waals surface area contributed by atoms with Gasteiger partial charge in [-0.3, -0.25) is 14.4 Å². The second-order valence-electron chi connectivity index (χ2n) is 13.1. The summed E-state index contributed by atoms with van der Waals surface area (Å²) in [5, 5.41) is 36.1. The summed E-state index contributed by atoms with van der Waals surface area (Å²) < 4.78 is 18.0. The summed E-state index contributed by atoms with van der Waals surface area (Å²) in [6.07, 6.45) is 2.64. The molecule has 7 aliphatic rings. The van der Waals surface area contributed by atoms with Gasteiger partial charge in [0.05, 0.1) is 29.3 Å². The SMILES string of the molecule is C[C@@H]1C(=O)O[C@@H]2C[C@@]1(C)[C@@H]1C(=O)[C@@]3(O)O[C@@]14[C@@](O)(CC[C@@H]1[C@H]3[C@H](O)C=C3C=CCC(=O)[C@@]31C)C(=O)O[C@@]24C. The zero-order chi connectivity index (χ0) is 27.4. The Morgan fingerprint density at radius 3 is 2.50 bits per heavy atom. The lowest BCUT2D eigenvalue weighted by Gasteiger charge is -2.61. The lowest BCUT2D eigenvalue weighted by molar-refractivity contribution is -0.350. The van der Waals surface area contributed by atoms with E-state index in [2.05, 4.69) is 0 Å². The van der Waals surface area contributed by atoms with Crippen LogP contribution >= 0.6 is 0 Å². The van der Waals surface area contributed by atoms with Gasteiger partial charge in [0.15, 0.2) is 22.6 Å². The van der Waals surface area contributed by atoms with E-state index in [1.165, 1.54) is 13.0 Å². The van der Waals surface area contributed by atoms with Crippen LogP contribution in [0.25, 0.3) is 0 Å². The van der Waals surface area contributed by atoms with Crippen molar-refractivity contribution in [2.24, 2.45) is 34.5 Å². The predicted molar refractivity (Wildman–Crippen MR) is 126 cm³/mol. The maximum atomic E-state index is 14.6. The van der Waals surface area contributed by atoms with Gasteiger partial charge in [0.1, 0.15) is 11.9 Å². The third-order valence-electron chi connectivity index (χ3n) is 11.8. The van der Waals surface area contributed by atoms with Crippen molar-refractivity contribution in [2.75, 3.05) is 0 Å². The average Bonchev–Trinajstić information content (AvgIpc) is 3.19. The Hall–Kier alpha value is -2.40. The number of Topliss-reactive ketones (excluding diaryl/α,β-unsaturated/α-hetero) is 2. The minimum Gasteiger partial charge on any atom is -0.458 e. The van der Waals surface area contributed by atoms with Crippen molar-refractivity contribution < 1.29 is 48.7 Å². The van der Waals surface area contributed by atoms with E-state index in [0.717, 1.165) is 0 Å². The number of rotatable bonds is 0. The zero-order valence-electron chi connectivity index (χ0n) is 21.7. The van der Waals surface area contributed by atoms with Crippen LogP contribution < -0.4 is 0 Å². The summed E-state index contributed by atoms with van der Waals surface area (Å²) in [5.41, 5.74) is -8.02. The summed E-state index contributed by atoms with van der Waals surface area (Å²) in [6.45, 7) is 6.53. The number of ketones is 2. The number of hydrogen-bond acceptors (Lipinski definition) is 10. The zero-order valence-corrected chi connectivity index (χ0v) is 21.7. The summed E-state index contributed by atoms with van der Waals surface area (Å²) in [7, 11) is 0. The highest BCUT2D eigenvalue weighted by Gasteiger charge is 2.92. The summed E-state index contributed by atoms with van der Waals surface area (Å²) in [5.74, 6) is -9.49. The highest BCUT2D eigenvalue weighted by atomic mass is 16.7. The first-order valence-corrected chi connectivity index (χ1v) is 13.4. The fraction of sp³-hybridized carbons (Fsp3) is 0.714. The maximum Gasteiger partial charge on any atom is 0.342 e. The molecule has 1 saturated carbocycles. The smallest absolute Gasteiger partial charge is 0.342 e. The van der Waals surface area contributed by atoms with Gasteiger partial charge < -0.3 is 29.5 Å². The van der Waals surface area contributed by atoms with E-state index in [4.69, 9.17) is 14.2 Å². The lowest BCUT2D eigenvalue weighted by Crippen LogP contribution is -2.78. The quantitative estimate of drug-likeness (QED) is 0.379. The maximum absolute atomic E-state index is 14.6. The highest BCUT2D eigenvalue weighted by Crippen LogP contribution is 2.73. The van der Waals surface area contributed by atoms with Gasteiger partial charge in [0, 0.05) is 6.42 Å². The Balaban J connectivity index is 1.52. The molecule has 10 nitrogen and oxygen atoms in total. The van der Waals surface area contributed by atoms with E-state index in [1.54, 1.807) is 32.9 Å². The number of carbonyl (C=O) groups excluding carboxylic acids is 4. The molecular weight excluding hydrogens is 496 g/mol. The first-order valence-electron chi connectivity index (χ1n) is 13.4. The molecule has 0 aromatic heterocycles. The van der Waals surface area contributed by atoms with Crippen molar-refractivity contribution in [3.63, 3.8) is 0 Å². The van der Waals surface area contributed by atoms with Crippen LogP contribution in [0.5, 0.6) is 0 Å². The molecule has 3 N–H and O–H groups in total. The third-order valence-corrected chi connectivity index (χ3v) is 11.8. The molecule has 0 radical (unpaired) electrons. The third kappa shape index (κ3) is 2.19. The van der Waals surface area contributed by atoms with E-state index in [0.29, 0.717) is 5.57 Å². The number of aliphatic hydroxyl groups is 3. The molecule has 4 bridgehead atoms. The van der Waals surface area contributed by atoms with Crippen molar-refractivity contribution in [3.8, 4) is 0 Å². The molecule has 10 heteroatoms. The molecule has 38 heavy (non-hydrogen) atoms. The van der Waals surface area contributed by atoms with Gasteiger partial charge in [-0.1, -0.05) is 32.1 Å². The topological polar surface area (TPSA) is 157 Å². The Morgan fingerprint density at radius 2 is 1.79 bits per heavy atom. The minimum atomic E-state index is -2.67. The van der Waals surface area contributed by atoms with Crippen molar-refractivity contribution in [3.05, 3.63) is 23.8 Å². The molecule has 0 aromatic carbocycles. The van der Waals surface area contributed by atoms with Crippen molar-refractivity contribution in [1.29, 1.82) is 0 Å². The number of carbonyl (C=O) groups is 4. The van der Waals surface area contributed by atoms with Crippen molar-refractivity contribution in [1.82, 2.24) is 0 Å². The number of fused-ring (bicyclic) bond motifs is 9. The largest absolute Gasteiger partial charge is 0.458 e. The van der Waals surface area contributed by atoms with Crippen LogP contribution in [-0.4, -0.2) is 73.6 Å². The van der Waals surface area contributed by atoms with Crippen LogP contribution in [0.4, 0.5) is 0 Å². The number of allylic oxidation sites excluding steroid dienone is 3. The summed E-state index contributed by atoms with van der Waals surface area (Å²) in [4.78, 5) is 54.6. The molecule has 7 rings (SSSR count). The van der Waals surface area contributed by atoms with Gasteiger partial charge in [-0.2, -0.15) is 0 Å². The Labute approximate surface area is 219 Å². The van der Waals surface area contributed by atoms with E-state index >= 15 is 0 Å². The molecule has 1 spiro atoms. The van der Waals surface area contributed by atoms with Crippen LogP contribution in [0.2, 0.25) is 0 Å². The molecule has 0 unspecified atom stereocenters. The van der Waals surface area contributed by atoms with E-state index in [1.807, 2.05) is 0 Å². The lowest BCUT2D eigenvalue weighted by atomic mass is 9.46. The molecule has 4 aliphatic heterocycles. The molecule has 4 heterocycles. The van der Waals surface area contributed by atoms with Crippen LogP contribution in [0.1, 0.15) is 53.4 Å². The molecule has 0 amide bonds. The monoisotopic (exact) mass is 528 g/mol. The van der Waals surface area contributed by atoms with Gasteiger partial charge >= 0.3 is 11.9 Å². The van der Waals surface area contributed by atoms with E-state index in [9.17, 15) is 34.5 Å². The Kier molecular flexibility index (Phi) is 4.31. The molecule has 12 atom stereocenters. The van der Waals surface area contributed by atoms with Crippen LogP contribution in [0.15, 0.2) is 23.8 Å². The fourth-order valence-electron chi connectivity index (χ4n) is 9.48. The molecule has 4 saturated heterocycles. The molecule has 5 fully saturated rings. The van der Waals surface area contributed by atoms with Crippen LogP contribution in [0, 0.1) is 34.5 Å². The minimum absolute atomic E-state index is 0.0287. The van der Waals surface area contributed by atoms with E-state index in [-0.39, 0.29) is 31.5 Å².